The quantitative estimate of drug-likeness (QED) is 0.754. The van der Waals surface area contributed by atoms with Crippen molar-refractivity contribution in [3.8, 4) is 22.9 Å². The third-order valence-electron chi connectivity index (χ3n) is 4.71. The largest absolute Gasteiger partial charge is 0.508 e. The molecular formula is C19H20N2O2. The number of hydrogen-bond acceptors (Lipinski definition) is 3. The Hall–Kier alpha value is -2.49. The van der Waals surface area contributed by atoms with Crippen molar-refractivity contribution in [3.63, 3.8) is 0 Å². The number of nitrogens with zero attached hydrogens (tertiary/aromatic N) is 2. The van der Waals surface area contributed by atoms with Crippen molar-refractivity contribution in [1.82, 2.24) is 9.55 Å². The van der Waals surface area contributed by atoms with Crippen LogP contribution in [0.1, 0.15) is 37.8 Å². The van der Waals surface area contributed by atoms with Crippen LogP contribution in [0.4, 0.5) is 0 Å². The van der Waals surface area contributed by atoms with Crippen molar-refractivity contribution >= 4 is 11.0 Å². The third kappa shape index (κ3) is 2.25. The summed E-state index contributed by atoms with van der Waals surface area (Å²) < 4.78 is 2.27. The third-order valence-corrected chi connectivity index (χ3v) is 4.71. The average Bonchev–Trinajstić information content (AvgIpc) is 2.91. The van der Waals surface area contributed by atoms with Gasteiger partial charge in [0.25, 0.3) is 0 Å². The van der Waals surface area contributed by atoms with Gasteiger partial charge in [0, 0.05) is 17.7 Å². The van der Waals surface area contributed by atoms with E-state index in [4.69, 9.17) is 4.98 Å². The topological polar surface area (TPSA) is 58.3 Å². The number of phenols is 2. The fraction of sp³-hybridized carbons (Fsp3) is 0.316. The minimum atomic E-state index is 0.269. The number of fused-ring (bicyclic) bond motifs is 5. The van der Waals surface area contributed by atoms with E-state index in [0.717, 1.165) is 53.7 Å². The van der Waals surface area contributed by atoms with Crippen LogP contribution in [-0.4, -0.2) is 19.8 Å². The van der Waals surface area contributed by atoms with E-state index in [-0.39, 0.29) is 5.75 Å². The lowest BCUT2D eigenvalue weighted by Crippen LogP contribution is -2.18. The second-order valence-corrected chi connectivity index (χ2v) is 6.32. The van der Waals surface area contributed by atoms with Gasteiger partial charge in [0.15, 0.2) is 0 Å². The van der Waals surface area contributed by atoms with Crippen molar-refractivity contribution in [2.45, 2.75) is 38.6 Å². The van der Waals surface area contributed by atoms with Gasteiger partial charge < -0.3 is 14.8 Å². The summed E-state index contributed by atoms with van der Waals surface area (Å²) in [5.74, 6) is 1.51. The predicted octanol–water partition coefficient (Wildman–Crippen LogP) is 4.40. The number of unbranched alkanes of at least 4 members (excludes halogenated alkanes) is 1. The van der Waals surface area contributed by atoms with E-state index in [0.29, 0.717) is 11.8 Å². The molecule has 3 aromatic rings. The molecule has 23 heavy (non-hydrogen) atoms. The molecule has 2 aromatic carbocycles. The van der Waals surface area contributed by atoms with E-state index in [1.807, 2.05) is 18.2 Å². The summed E-state index contributed by atoms with van der Waals surface area (Å²) in [5.41, 5.74) is 4.12. The number of phenolic OH excluding ortho intramolecular Hbond substituents is 2. The Labute approximate surface area is 135 Å². The van der Waals surface area contributed by atoms with Gasteiger partial charge in [-0.05, 0) is 48.7 Å². The van der Waals surface area contributed by atoms with E-state index in [1.54, 1.807) is 18.2 Å². The second kappa shape index (κ2) is 5.30. The standard InChI is InChI=1S/C19H20N2O2/c1-2-3-4-13-9-12-10-14(22)5-7-16(12)19-20-17-8-6-15(23)11-18(17)21(13)19/h5-8,10-11,13,22-23H,2-4,9H2,1H3. The van der Waals surface area contributed by atoms with Gasteiger partial charge in [0.05, 0.1) is 11.0 Å². The predicted molar refractivity (Wildman–Crippen MR) is 90.8 cm³/mol. The molecule has 0 radical (unpaired) electrons. The molecule has 0 fully saturated rings. The first-order valence-corrected chi connectivity index (χ1v) is 8.20. The monoisotopic (exact) mass is 308 g/mol. The lowest BCUT2D eigenvalue weighted by Gasteiger charge is -2.28. The highest BCUT2D eigenvalue weighted by molar-refractivity contribution is 5.83. The first-order chi connectivity index (χ1) is 11.2. The number of imidazole rings is 1. The van der Waals surface area contributed by atoms with E-state index in [2.05, 4.69) is 11.5 Å². The lowest BCUT2D eigenvalue weighted by molar-refractivity contribution is 0.445. The number of hydrogen-bond donors (Lipinski definition) is 2. The highest BCUT2D eigenvalue weighted by Crippen LogP contribution is 2.40. The Bertz CT molecular complexity index is 882. The van der Waals surface area contributed by atoms with Crippen LogP contribution in [0.5, 0.6) is 11.5 Å². The average molecular weight is 308 g/mol. The number of benzene rings is 2. The van der Waals surface area contributed by atoms with E-state index in [9.17, 15) is 10.2 Å². The molecule has 0 saturated heterocycles. The first kappa shape index (κ1) is 14.1. The fourth-order valence-electron chi connectivity index (χ4n) is 3.62. The summed E-state index contributed by atoms with van der Waals surface area (Å²) in [5, 5.41) is 19.7. The molecule has 1 aliphatic rings. The summed E-state index contributed by atoms with van der Waals surface area (Å²) >= 11 is 0. The molecule has 4 heteroatoms. The normalized spacial score (nSPS) is 16.3. The summed E-state index contributed by atoms with van der Waals surface area (Å²) in [7, 11) is 0. The van der Waals surface area contributed by atoms with E-state index < -0.39 is 0 Å². The Kier molecular flexibility index (Phi) is 3.26. The zero-order valence-electron chi connectivity index (χ0n) is 13.2. The van der Waals surface area contributed by atoms with Gasteiger partial charge in [0.1, 0.15) is 17.3 Å². The molecule has 0 aliphatic carbocycles. The number of aromatic nitrogens is 2. The summed E-state index contributed by atoms with van der Waals surface area (Å²) in [6.45, 7) is 2.20. The summed E-state index contributed by atoms with van der Waals surface area (Å²) in [6, 6.07) is 11.2. The Morgan fingerprint density at radius 3 is 2.74 bits per heavy atom. The SMILES string of the molecule is CCCCC1Cc2cc(O)ccc2-c2nc3ccc(O)cc3n21. The zero-order chi connectivity index (χ0) is 16.0. The van der Waals surface area contributed by atoms with Crippen molar-refractivity contribution in [2.75, 3.05) is 0 Å². The molecule has 0 saturated carbocycles. The van der Waals surface area contributed by atoms with Crippen molar-refractivity contribution in [3.05, 3.63) is 42.0 Å². The van der Waals surface area contributed by atoms with Crippen LogP contribution < -0.4 is 0 Å². The lowest BCUT2D eigenvalue weighted by atomic mass is 9.92. The van der Waals surface area contributed by atoms with Gasteiger partial charge in [-0.25, -0.2) is 4.98 Å². The van der Waals surface area contributed by atoms with Crippen molar-refractivity contribution < 1.29 is 10.2 Å². The summed E-state index contributed by atoms with van der Waals surface area (Å²) in [4.78, 5) is 4.79. The Morgan fingerprint density at radius 1 is 1.13 bits per heavy atom. The van der Waals surface area contributed by atoms with Crippen molar-refractivity contribution in [1.29, 1.82) is 0 Å². The zero-order valence-corrected chi connectivity index (χ0v) is 13.2. The molecule has 2 heterocycles. The van der Waals surface area contributed by atoms with Gasteiger partial charge in [-0.1, -0.05) is 19.8 Å². The van der Waals surface area contributed by atoms with Crippen LogP contribution in [0.2, 0.25) is 0 Å². The van der Waals surface area contributed by atoms with Crippen molar-refractivity contribution in [2.24, 2.45) is 0 Å². The minimum absolute atomic E-state index is 0.269. The molecule has 4 rings (SSSR count). The van der Waals surface area contributed by atoms with Gasteiger partial charge in [-0.3, -0.25) is 0 Å². The number of rotatable bonds is 3. The molecule has 2 N–H and O–H groups in total. The minimum Gasteiger partial charge on any atom is -0.508 e. The molecular weight excluding hydrogens is 288 g/mol. The molecule has 118 valence electrons. The van der Waals surface area contributed by atoms with Crippen LogP contribution in [0, 0.1) is 0 Å². The van der Waals surface area contributed by atoms with Crippen LogP contribution in [0.25, 0.3) is 22.4 Å². The molecule has 1 atom stereocenters. The van der Waals surface area contributed by atoms with Crippen LogP contribution in [0.3, 0.4) is 0 Å². The summed E-state index contributed by atoms with van der Waals surface area (Å²) in [6.07, 6.45) is 4.25. The maximum Gasteiger partial charge on any atom is 0.141 e. The van der Waals surface area contributed by atoms with Crippen LogP contribution >= 0.6 is 0 Å². The smallest absolute Gasteiger partial charge is 0.141 e. The van der Waals surface area contributed by atoms with E-state index >= 15 is 0 Å². The second-order valence-electron chi connectivity index (χ2n) is 6.32. The molecule has 1 unspecified atom stereocenters. The van der Waals surface area contributed by atoms with Gasteiger partial charge in [0.2, 0.25) is 0 Å². The molecule has 0 spiro atoms. The van der Waals surface area contributed by atoms with Gasteiger partial charge >= 0.3 is 0 Å². The van der Waals surface area contributed by atoms with E-state index in [1.165, 1.54) is 0 Å². The number of aromatic hydroxyl groups is 2. The Morgan fingerprint density at radius 2 is 1.91 bits per heavy atom. The first-order valence-electron chi connectivity index (χ1n) is 8.20. The maximum atomic E-state index is 9.87. The Balaban J connectivity index is 1.96. The molecule has 0 amide bonds. The molecule has 0 bridgehead atoms. The molecule has 1 aromatic heterocycles. The van der Waals surface area contributed by atoms with Crippen LogP contribution in [-0.2, 0) is 6.42 Å². The van der Waals surface area contributed by atoms with Gasteiger partial charge in [-0.2, -0.15) is 0 Å². The maximum absolute atomic E-state index is 9.87. The highest BCUT2D eigenvalue weighted by atomic mass is 16.3. The fourth-order valence-corrected chi connectivity index (χ4v) is 3.62. The van der Waals surface area contributed by atoms with Crippen LogP contribution in [0.15, 0.2) is 36.4 Å². The highest BCUT2D eigenvalue weighted by Gasteiger charge is 2.27. The molecule has 1 aliphatic heterocycles. The van der Waals surface area contributed by atoms with Gasteiger partial charge in [-0.15, -0.1) is 0 Å². The molecule has 4 nitrogen and oxygen atoms in total.